The molecule has 0 atom stereocenters. The van der Waals surface area contributed by atoms with E-state index >= 15 is 0 Å². The second kappa shape index (κ2) is 34.5. The van der Waals surface area contributed by atoms with Gasteiger partial charge in [0.25, 0.3) is 0 Å². The largest absolute Gasteiger partial charge is 0.508 e. The van der Waals surface area contributed by atoms with Gasteiger partial charge in [-0.05, 0) is 159 Å². The first kappa shape index (κ1) is 58.2. The summed E-state index contributed by atoms with van der Waals surface area (Å²) in [6, 6.07) is 43.6. The van der Waals surface area contributed by atoms with Crippen LogP contribution in [0, 0.1) is 0 Å². The number of hydrogen-bond donors (Lipinski definition) is 8. The highest BCUT2D eigenvalue weighted by atomic mass is 35.5. The van der Waals surface area contributed by atoms with Crippen molar-refractivity contribution in [2.75, 3.05) is 21.9 Å². The van der Waals surface area contributed by atoms with Crippen molar-refractivity contribution in [2.45, 2.75) is 28.3 Å². The zero-order valence-electron chi connectivity index (χ0n) is 35.8. The Balaban J connectivity index is 0.000000401. The number of halogens is 4. The summed E-state index contributed by atoms with van der Waals surface area (Å²) in [6.45, 7) is 3.31. The van der Waals surface area contributed by atoms with Crippen molar-refractivity contribution in [3.63, 3.8) is 0 Å². The van der Waals surface area contributed by atoms with Crippen molar-refractivity contribution in [3.05, 3.63) is 205 Å². The van der Waals surface area contributed by atoms with Crippen LogP contribution in [-0.4, -0.2) is 49.2 Å². The molecule has 0 amide bonds. The average Bonchev–Trinajstić information content (AvgIpc) is 3.29. The van der Waals surface area contributed by atoms with E-state index in [4.69, 9.17) is 54.6 Å². The van der Waals surface area contributed by atoms with Crippen molar-refractivity contribution in [1.29, 1.82) is 0 Å². The Morgan fingerprint density at radius 2 is 0.833 bits per heavy atom. The van der Waals surface area contributed by atoms with Crippen LogP contribution in [0.15, 0.2) is 210 Å². The van der Waals surface area contributed by atoms with Gasteiger partial charge in [0.15, 0.2) is 0 Å². The second-order valence-corrected chi connectivity index (χ2v) is 15.3. The van der Waals surface area contributed by atoms with Gasteiger partial charge in [0, 0.05) is 97.1 Å². The minimum absolute atomic E-state index is 0. The van der Waals surface area contributed by atoms with Gasteiger partial charge >= 0.3 is 14.1 Å². The van der Waals surface area contributed by atoms with Gasteiger partial charge in [-0.15, -0.1) is 37.4 Å². The summed E-state index contributed by atoms with van der Waals surface area (Å²) in [5.41, 5.74) is 14.4. The van der Waals surface area contributed by atoms with Crippen molar-refractivity contribution >= 4 is 109 Å². The van der Waals surface area contributed by atoms with E-state index in [9.17, 15) is 0 Å². The summed E-state index contributed by atoms with van der Waals surface area (Å²) in [7, 11) is -1.08. The standard InChI is InChI=1S/C11H10N2O.C11H10N2S.C7H10BNO2.C7H10BNOS.2C5H4ClN.2ClH/c2*12-9-1-3-10(4-2-9)14-11-5-7-13-8-6-11;1-8(11)9-6-2-4-7(10)5-3-6;1-8(10)9-6-2-4-7(11)5-3-6;2*6-5-1-3-7-4-2-5;;/h2*1-8H,12H2;2*2-5,9-11H,1H3;2*1-4H;2*1H. The van der Waals surface area contributed by atoms with E-state index in [1.54, 1.807) is 148 Å². The summed E-state index contributed by atoms with van der Waals surface area (Å²) in [5.74, 6) is 1.76. The molecule has 0 saturated heterocycles. The highest BCUT2D eigenvalue weighted by molar-refractivity contribution is 7.99. The third-order valence-electron chi connectivity index (χ3n) is 7.30. The minimum Gasteiger partial charge on any atom is -0.508 e. The Bertz CT molecular complexity index is 2230. The molecule has 66 heavy (non-hydrogen) atoms. The monoisotopic (exact) mass is 1000 g/mol. The predicted octanol–water partition coefficient (Wildman–Crippen LogP) is 12.0. The number of nitrogens with zero attached hydrogens (tertiary/aromatic N) is 4. The van der Waals surface area contributed by atoms with Crippen LogP contribution in [-0.2, 0) is 0 Å². The number of anilines is 4. The Hall–Kier alpha value is -5.81. The highest BCUT2D eigenvalue weighted by Crippen LogP contribution is 2.27. The number of aromatic nitrogens is 4. The van der Waals surface area contributed by atoms with Crippen LogP contribution in [0.5, 0.6) is 17.2 Å². The molecule has 0 spiro atoms. The number of phenolic OH excluding ortho intramolecular Hbond substituents is 1. The molecule has 4 aromatic heterocycles. The van der Waals surface area contributed by atoms with E-state index in [0.717, 1.165) is 49.2 Å². The van der Waals surface area contributed by atoms with E-state index in [0.29, 0.717) is 0 Å². The molecule has 0 aliphatic carbocycles. The zero-order valence-corrected chi connectivity index (χ0v) is 40.6. The molecule has 20 heteroatoms. The molecule has 8 aromatic rings. The number of pyridine rings is 4. The number of aromatic hydroxyl groups is 1. The Morgan fingerprint density at radius 1 is 0.500 bits per heavy atom. The molecular weight excluding hydrogens is 956 g/mol. The summed E-state index contributed by atoms with van der Waals surface area (Å²) >= 11 is 16.8. The normalized spacial score (nSPS) is 9.14. The molecule has 4 heterocycles. The lowest BCUT2D eigenvalue weighted by molar-refractivity contribution is 0.475. The summed E-state index contributed by atoms with van der Waals surface area (Å²) in [4.78, 5) is 18.7. The van der Waals surface area contributed by atoms with Gasteiger partial charge in [0.1, 0.15) is 17.2 Å². The number of hydrogen-bond acceptors (Lipinski definition) is 14. The van der Waals surface area contributed by atoms with Gasteiger partial charge < -0.3 is 41.8 Å². The Labute approximate surface area is 419 Å². The molecule has 0 aliphatic heterocycles. The predicted molar refractivity (Wildman–Crippen MR) is 284 cm³/mol. The lowest BCUT2D eigenvalue weighted by Crippen LogP contribution is -2.19. The summed E-state index contributed by atoms with van der Waals surface area (Å²) in [6.07, 6.45) is 13.6. The fourth-order valence-corrected chi connectivity index (χ4v) is 5.60. The van der Waals surface area contributed by atoms with Crippen LogP contribution >= 0.6 is 72.4 Å². The van der Waals surface area contributed by atoms with Crippen molar-refractivity contribution in [1.82, 2.24) is 19.9 Å². The van der Waals surface area contributed by atoms with E-state index in [1.807, 2.05) is 72.8 Å². The smallest absolute Gasteiger partial charge is 0.406 e. The molecule has 0 fully saturated rings. The van der Waals surface area contributed by atoms with Crippen molar-refractivity contribution in [2.24, 2.45) is 0 Å². The molecule has 12 nitrogen and oxygen atoms in total. The first-order chi connectivity index (χ1) is 30.8. The SMILES string of the molecule is CB(O)Nc1ccc(O)cc1.CB(O)Nc1ccc(S)cc1.Cl.Cl.Clc1ccncc1.Clc1ccncc1.Nc1ccc(Oc2ccncc2)cc1.Nc1ccc(Sc2ccncc2)cc1. The number of nitrogens with two attached hydrogens (primary N) is 2. The van der Waals surface area contributed by atoms with E-state index < -0.39 is 14.1 Å². The second-order valence-electron chi connectivity index (χ2n) is 12.8. The quantitative estimate of drug-likeness (QED) is 0.0310. The first-order valence-corrected chi connectivity index (χ1v) is 21.3. The zero-order chi connectivity index (χ0) is 46.4. The molecular formula is C46H50B2Cl4N8O4S2. The van der Waals surface area contributed by atoms with Crippen LogP contribution in [0.1, 0.15) is 0 Å². The van der Waals surface area contributed by atoms with Gasteiger partial charge in [-0.25, -0.2) is 0 Å². The molecule has 0 aliphatic rings. The molecule has 0 radical (unpaired) electrons. The number of nitrogens with one attached hydrogen (secondary N) is 2. The Morgan fingerprint density at radius 3 is 1.21 bits per heavy atom. The van der Waals surface area contributed by atoms with Gasteiger partial charge in [-0.3, -0.25) is 19.9 Å². The molecule has 0 unspecified atom stereocenters. The van der Waals surface area contributed by atoms with Gasteiger partial charge in [0.05, 0.1) is 0 Å². The molecule has 9 N–H and O–H groups in total. The maximum atomic E-state index is 8.94. The van der Waals surface area contributed by atoms with Crippen LogP contribution in [0.2, 0.25) is 23.7 Å². The number of phenols is 1. The van der Waals surface area contributed by atoms with Gasteiger partial charge in [0.2, 0.25) is 0 Å². The number of ether oxygens (including phenoxy) is 1. The van der Waals surface area contributed by atoms with Crippen molar-refractivity contribution < 1.29 is 19.9 Å². The van der Waals surface area contributed by atoms with Gasteiger partial charge in [-0.1, -0.05) is 35.0 Å². The third-order valence-corrected chi connectivity index (χ3v) is 9.11. The molecule has 0 bridgehead atoms. The third kappa shape index (κ3) is 28.2. The van der Waals surface area contributed by atoms with Crippen LogP contribution in [0.3, 0.4) is 0 Å². The number of thiol groups is 1. The lowest BCUT2D eigenvalue weighted by atomic mass is 9.88. The summed E-state index contributed by atoms with van der Waals surface area (Å²) < 4.78 is 5.54. The van der Waals surface area contributed by atoms with Crippen molar-refractivity contribution in [3.8, 4) is 17.2 Å². The average molecular weight is 1010 g/mol. The van der Waals surface area contributed by atoms with E-state index in [2.05, 4.69) is 43.0 Å². The minimum atomic E-state index is -0.570. The van der Waals surface area contributed by atoms with E-state index in [1.165, 1.54) is 9.79 Å². The Kier molecular flexibility index (Phi) is 30.4. The van der Waals surface area contributed by atoms with Crippen LogP contribution < -0.4 is 26.7 Å². The lowest BCUT2D eigenvalue weighted by Gasteiger charge is -2.04. The number of nitrogen functional groups attached to an aromatic ring is 2. The molecule has 8 rings (SSSR count). The maximum absolute atomic E-state index is 8.94. The highest BCUT2D eigenvalue weighted by Gasteiger charge is 2.02. The molecule has 344 valence electrons. The van der Waals surface area contributed by atoms with Crippen LogP contribution in [0.4, 0.5) is 22.7 Å². The number of rotatable bonds is 8. The van der Waals surface area contributed by atoms with Crippen LogP contribution in [0.25, 0.3) is 0 Å². The maximum Gasteiger partial charge on any atom is 0.406 e. The molecule has 0 saturated carbocycles. The molecule has 4 aromatic carbocycles. The first-order valence-electron chi connectivity index (χ1n) is 19.3. The van der Waals surface area contributed by atoms with Gasteiger partial charge in [-0.2, -0.15) is 0 Å². The van der Waals surface area contributed by atoms with E-state index in [-0.39, 0.29) is 30.6 Å². The fourth-order valence-electron chi connectivity index (χ4n) is 4.42. The fraction of sp³-hybridized carbons (Fsp3) is 0.0435. The topological polar surface area (TPSA) is 198 Å². The summed E-state index contributed by atoms with van der Waals surface area (Å²) in [5, 5.41) is 33.8. The number of benzene rings is 4.